The number of benzene rings is 1. The molecule has 0 aliphatic heterocycles. The number of hydrogen-bond donors (Lipinski definition) is 1. The van der Waals surface area contributed by atoms with E-state index < -0.39 is 16.1 Å². The van der Waals surface area contributed by atoms with Crippen LogP contribution in [0, 0.1) is 0 Å². The largest absolute Gasteiger partial charge is 0.496 e. The fourth-order valence-electron chi connectivity index (χ4n) is 3.55. The summed E-state index contributed by atoms with van der Waals surface area (Å²) in [6.45, 7) is 5.80. The maximum atomic E-state index is 13.1. The number of fused-ring (bicyclic) bond motifs is 1. The molecule has 1 N–H and O–H groups in total. The van der Waals surface area contributed by atoms with Crippen LogP contribution in [0.3, 0.4) is 0 Å². The number of ether oxygens (including phenoxy) is 1. The summed E-state index contributed by atoms with van der Waals surface area (Å²) in [5.41, 5.74) is 1.89. The first-order valence-corrected chi connectivity index (χ1v) is 10.4. The van der Waals surface area contributed by atoms with Gasteiger partial charge in [0.1, 0.15) is 12.1 Å². The third-order valence-electron chi connectivity index (χ3n) is 4.83. The van der Waals surface area contributed by atoms with Gasteiger partial charge in [0.15, 0.2) is 5.82 Å². The summed E-state index contributed by atoms with van der Waals surface area (Å²) in [7, 11) is -2.06. The van der Waals surface area contributed by atoms with Crippen molar-refractivity contribution >= 4 is 10.0 Å². The molecular formula is C18H26N4O3S. The quantitative estimate of drug-likeness (QED) is 0.835. The van der Waals surface area contributed by atoms with Crippen LogP contribution in [0.2, 0.25) is 0 Å². The molecule has 0 radical (unpaired) electrons. The zero-order valence-corrected chi connectivity index (χ0v) is 16.5. The van der Waals surface area contributed by atoms with Gasteiger partial charge >= 0.3 is 0 Å². The average molecular weight is 378 g/mol. The minimum Gasteiger partial charge on any atom is -0.496 e. The van der Waals surface area contributed by atoms with Crippen molar-refractivity contribution in [1.29, 1.82) is 0 Å². The van der Waals surface area contributed by atoms with E-state index in [0.29, 0.717) is 10.7 Å². The first kappa shape index (κ1) is 18.8. The van der Waals surface area contributed by atoms with Gasteiger partial charge < -0.3 is 9.30 Å². The molecule has 1 aliphatic rings. The molecule has 1 aliphatic carbocycles. The lowest BCUT2D eigenvalue weighted by atomic mass is 9.91. The van der Waals surface area contributed by atoms with Crippen LogP contribution < -0.4 is 9.46 Å². The van der Waals surface area contributed by atoms with E-state index in [1.807, 2.05) is 18.4 Å². The summed E-state index contributed by atoms with van der Waals surface area (Å²) < 4.78 is 36.2. The highest BCUT2D eigenvalue weighted by molar-refractivity contribution is 7.89. The Bertz CT molecular complexity index is 890. The van der Waals surface area contributed by atoms with Crippen LogP contribution in [0.25, 0.3) is 0 Å². The number of aromatic nitrogens is 3. The predicted octanol–water partition coefficient (Wildman–Crippen LogP) is 2.79. The Morgan fingerprint density at radius 2 is 1.85 bits per heavy atom. The predicted molar refractivity (Wildman–Crippen MR) is 98.8 cm³/mol. The SMILES string of the molecule is COc1ccc(S(=O)(=O)N[C@@H](C)c2nncn2C(C)C)c2c1CCCC2. The first-order valence-electron chi connectivity index (χ1n) is 8.95. The number of sulfonamides is 1. The number of nitrogens with zero attached hydrogens (tertiary/aromatic N) is 3. The number of hydrogen-bond acceptors (Lipinski definition) is 5. The standard InChI is InChI=1S/C18H26N4O3S/c1-12(2)22-11-19-20-18(22)13(3)21-26(23,24)17-10-9-16(25-4)14-7-5-6-8-15(14)17/h9-13,21H,5-8H2,1-4H3/t13-/m0/s1. The molecule has 1 aromatic carbocycles. The second-order valence-corrected chi connectivity index (χ2v) is 8.65. The molecule has 2 aromatic rings. The maximum Gasteiger partial charge on any atom is 0.241 e. The molecule has 0 saturated heterocycles. The van der Waals surface area contributed by atoms with E-state index in [9.17, 15) is 8.42 Å². The molecule has 0 amide bonds. The van der Waals surface area contributed by atoms with Gasteiger partial charge in [0, 0.05) is 6.04 Å². The first-order chi connectivity index (χ1) is 12.3. The van der Waals surface area contributed by atoms with Crippen molar-refractivity contribution < 1.29 is 13.2 Å². The molecule has 0 fully saturated rings. The fourth-order valence-corrected chi connectivity index (χ4v) is 5.05. The van der Waals surface area contributed by atoms with Crippen LogP contribution in [0.5, 0.6) is 5.75 Å². The summed E-state index contributed by atoms with van der Waals surface area (Å²) >= 11 is 0. The Morgan fingerprint density at radius 1 is 1.15 bits per heavy atom. The third-order valence-corrected chi connectivity index (χ3v) is 6.46. The van der Waals surface area contributed by atoms with Crippen molar-refractivity contribution in [2.75, 3.05) is 7.11 Å². The highest BCUT2D eigenvalue weighted by atomic mass is 32.2. The molecule has 3 rings (SSSR count). The fraction of sp³-hybridized carbons (Fsp3) is 0.556. The Kier molecular flexibility index (Phi) is 5.34. The molecule has 1 aromatic heterocycles. The van der Waals surface area contributed by atoms with E-state index in [2.05, 4.69) is 14.9 Å². The van der Waals surface area contributed by atoms with Crippen molar-refractivity contribution in [3.05, 3.63) is 35.4 Å². The van der Waals surface area contributed by atoms with Crippen LogP contribution in [0.1, 0.15) is 62.6 Å². The van der Waals surface area contributed by atoms with Crippen LogP contribution in [-0.2, 0) is 22.9 Å². The Balaban J connectivity index is 1.95. The zero-order chi connectivity index (χ0) is 18.9. The highest BCUT2D eigenvalue weighted by Crippen LogP contribution is 2.34. The van der Waals surface area contributed by atoms with Gasteiger partial charge in [-0.05, 0) is 69.7 Å². The second kappa shape index (κ2) is 7.36. The molecule has 0 spiro atoms. The van der Waals surface area contributed by atoms with Gasteiger partial charge in [-0.1, -0.05) is 0 Å². The van der Waals surface area contributed by atoms with Crippen LogP contribution in [0.4, 0.5) is 0 Å². The maximum absolute atomic E-state index is 13.1. The van der Waals surface area contributed by atoms with Gasteiger partial charge in [-0.25, -0.2) is 13.1 Å². The lowest BCUT2D eigenvalue weighted by Crippen LogP contribution is -2.30. The molecule has 0 bridgehead atoms. The van der Waals surface area contributed by atoms with E-state index in [0.717, 1.165) is 42.6 Å². The van der Waals surface area contributed by atoms with Crippen LogP contribution in [-0.4, -0.2) is 30.3 Å². The molecular weight excluding hydrogens is 352 g/mol. The van der Waals surface area contributed by atoms with Crippen molar-refractivity contribution in [3.63, 3.8) is 0 Å². The second-order valence-electron chi connectivity index (χ2n) is 6.96. The van der Waals surface area contributed by atoms with Gasteiger partial charge in [0.05, 0.1) is 18.0 Å². The Labute approximate surface area is 154 Å². The normalized spacial score (nSPS) is 15.7. The molecule has 1 atom stereocenters. The van der Waals surface area contributed by atoms with Gasteiger partial charge in [-0.2, -0.15) is 0 Å². The van der Waals surface area contributed by atoms with Crippen molar-refractivity contribution in [2.24, 2.45) is 0 Å². The topological polar surface area (TPSA) is 86.1 Å². The molecule has 8 heteroatoms. The Morgan fingerprint density at radius 3 is 2.50 bits per heavy atom. The summed E-state index contributed by atoms with van der Waals surface area (Å²) in [6.07, 6.45) is 5.26. The Hall–Kier alpha value is -1.93. The molecule has 142 valence electrons. The summed E-state index contributed by atoms with van der Waals surface area (Å²) in [4.78, 5) is 0.343. The van der Waals surface area contributed by atoms with Crippen molar-refractivity contribution in [2.45, 2.75) is 63.4 Å². The van der Waals surface area contributed by atoms with Gasteiger partial charge in [-0.3, -0.25) is 0 Å². The van der Waals surface area contributed by atoms with E-state index in [-0.39, 0.29) is 6.04 Å². The van der Waals surface area contributed by atoms with E-state index in [1.165, 1.54) is 0 Å². The number of nitrogens with one attached hydrogen (secondary N) is 1. The molecule has 1 heterocycles. The zero-order valence-electron chi connectivity index (χ0n) is 15.7. The van der Waals surface area contributed by atoms with Gasteiger partial charge in [0.25, 0.3) is 0 Å². The third kappa shape index (κ3) is 3.48. The minimum absolute atomic E-state index is 0.153. The number of methoxy groups -OCH3 is 1. The number of rotatable bonds is 6. The molecule has 7 nitrogen and oxygen atoms in total. The average Bonchev–Trinajstić information content (AvgIpc) is 3.10. The molecule has 0 saturated carbocycles. The van der Waals surface area contributed by atoms with Crippen LogP contribution >= 0.6 is 0 Å². The van der Waals surface area contributed by atoms with Gasteiger partial charge in [-0.15, -0.1) is 10.2 Å². The smallest absolute Gasteiger partial charge is 0.241 e. The monoisotopic (exact) mass is 378 g/mol. The van der Waals surface area contributed by atoms with Crippen molar-refractivity contribution in [3.8, 4) is 5.75 Å². The summed E-state index contributed by atoms with van der Waals surface area (Å²) in [5, 5.41) is 8.02. The van der Waals surface area contributed by atoms with Gasteiger partial charge in [0.2, 0.25) is 10.0 Å². The lowest BCUT2D eigenvalue weighted by molar-refractivity contribution is 0.405. The van der Waals surface area contributed by atoms with Crippen molar-refractivity contribution in [1.82, 2.24) is 19.5 Å². The molecule has 26 heavy (non-hydrogen) atoms. The molecule has 0 unspecified atom stereocenters. The minimum atomic E-state index is -3.68. The lowest BCUT2D eigenvalue weighted by Gasteiger charge is -2.23. The summed E-state index contributed by atoms with van der Waals surface area (Å²) in [5.74, 6) is 1.37. The van der Waals surface area contributed by atoms with E-state index in [4.69, 9.17) is 4.74 Å². The summed E-state index contributed by atoms with van der Waals surface area (Å²) in [6, 6.07) is 3.07. The van der Waals surface area contributed by atoms with E-state index >= 15 is 0 Å². The van der Waals surface area contributed by atoms with Crippen LogP contribution in [0.15, 0.2) is 23.4 Å². The highest BCUT2D eigenvalue weighted by Gasteiger charge is 2.28. The van der Waals surface area contributed by atoms with E-state index in [1.54, 1.807) is 32.5 Å².